The Bertz CT molecular complexity index is 703. The molecule has 22 heavy (non-hydrogen) atoms. The third-order valence-electron chi connectivity index (χ3n) is 3.73. The second-order valence-corrected chi connectivity index (χ2v) is 11.7. The summed E-state index contributed by atoms with van der Waals surface area (Å²) in [5, 5.41) is 16.8. The van der Waals surface area contributed by atoms with Crippen molar-refractivity contribution < 1.29 is 0 Å². The standard InChI is InChI=1S/C15H19N5SSi/c1-4-22(2,3)11-18-15(21)12-5-6-14(13(7-12)8-16)20-10-17-9-19-20/h5-7,9-10H,4,11H2,1-3H3,(H,18,21). The van der Waals surface area contributed by atoms with Crippen LogP contribution in [0.4, 0.5) is 0 Å². The summed E-state index contributed by atoms with van der Waals surface area (Å²) in [7, 11) is -1.24. The molecule has 0 fully saturated rings. The maximum absolute atomic E-state index is 9.35. The van der Waals surface area contributed by atoms with Gasteiger partial charge in [-0.3, -0.25) is 0 Å². The van der Waals surface area contributed by atoms with Gasteiger partial charge in [-0.25, -0.2) is 9.67 Å². The second kappa shape index (κ2) is 6.81. The Hall–Kier alpha value is -2.04. The molecule has 0 saturated heterocycles. The van der Waals surface area contributed by atoms with E-state index < -0.39 is 8.07 Å². The van der Waals surface area contributed by atoms with Gasteiger partial charge in [0, 0.05) is 11.7 Å². The molecule has 114 valence electrons. The minimum Gasteiger partial charge on any atom is -0.379 e. The van der Waals surface area contributed by atoms with E-state index in [0.717, 1.165) is 11.7 Å². The number of rotatable bonds is 5. The van der Waals surface area contributed by atoms with Gasteiger partial charge in [0.25, 0.3) is 0 Å². The Morgan fingerprint density at radius 3 is 2.82 bits per heavy atom. The first-order chi connectivity index (χ1) is 10.5. The number of aromatic nitrogens is 3. The van der Waals surface area contributed by atoms with Gasteiger partial charge in [-0.05, 0) is 18.2 Å². The highest BCUT2D eigenvalue weighted by molar-refractivity contribution is 7.80. The number of hydrogen-bond acceptors (Lipinski definition) is 4. The van der Waals surface area contributed by atoms with Crippen LogP contribution in [0.2, 0.25) is 19.1 Å². The van der Waals surface area contributed by atoms with Gasteiger partial charge >= 0.3 is 0 Å². The molecule has 1 heterocycles. The summed E-state index contributed by atoms with van der Waals surface area (Å²) in [6, 6.07) is 8.96. The first-order valence-electron chi connectivity index (χ1n) is 7.14. The predicted octanol–water partition coefficient (Wildman–Crippen LogP) is 2.67. The smallest absolute Gasteiger partial charge is 0.138 e. The van der Waals surface area contributed by atoms with E-state index >= 15 is 0 Å². The highest BCUT2D eigenvalue weighted by Crippen LogP contribution is 2.15. The van der Waals surface area contributed by atoms with E-state index in [4.69, 9.17) is 12.2 Å². The summed E-state index contributed by atoms with van der Waals surface area (Å²) >= 11 is 5.45. The van der Waals surface area contributed by atoms with Crippen LogP contribution in [-0.2, 0) is 0 Å². The molecular formula is C15H19N5SSi. The monoisotopic (exact) mass is 329 g/mol. The number of nitrogens with one attached hydrogen (secondary N) is 1. The summed E-state index contributed by atoms with van der Waals surface area (Å²) in [6.07, 6.45) is 3.95. The molecule has 0 unspecified atom stereocenters. The summed E-state index contributed by atoms with van der Waals surface area (Å²) in [4.78, 5) is 4.60. The minimum atomic E-state index is -1.24. The summed E-state index contributed by atoms with van der Waals surface area (Å²) in [5.74, 6) is 0. The van der Waals surface area contributed by atoms with Crippen LogP contribution < -0.4 is 5.32 Å². The van der Waals surface area contributed by atoms with Gasteiger partial charge in [0.1, 0.15) is 23.7 Å². The third-order valence-corrected chi connectivity index (χ3v) is 7.16. The van der Waals surface area contributed by atoms with Crippen LogP contribution in [0.5, 0.6) is 0 Å². The zero-order chi connectivity index (χ0) is 16.2. The average Bonchev–Trinajstić information content (AvgIpc) is 3.06. The first-order valence-corrected chi connectivity index (χ1v) is 11.0. The molecule has 5 nitrogen and oxygen atoms in total. The highest BCUT2D eigenvalue weighted by Gasteiger charge is 2.18. The molecule has 0 aliphatic carbocycles. The number of nitriles is 1. The minimum absolute atomic E-state index is 0.527. The van der Waals surface area contributed by atoms with Gasteiger partial charge in [-0.15, -0.1) is 0 Å². The lowest BCUT2D eigenvalue weighted by molar-refractivity contribution is 0.875. The van der Waals surface area contributed by atoms with E-state index in [2.05, 4.69) is 41.5 Å². The van der Waals surface area contributed by atoms with Crippen molar-refractivity contribution >= 4 is 25.3 Å². The number of benzene rings is 1. The molecule has 0 saturated carbocycles. The van der Waals surface area contributed by atoms with Crippen LogP contribution in [0.1, 0.15) is 18.1 Å². The Balaban J connectivity index is 2.20. The Kier molecular flexibility index (Phi) is 5.06. The van der Waals surface area contributed by atoms with E-state index in [9.17, 15) is 5.26 Å². The van der Waals surface area contributed by atoms with Crippen molar-refractivity contribution in [3.8, 4) is 11.8 Å². The Morgan fingerprint density at radius 2 is 2.23 bits per heavy atom. The molecule has 1 N–H and O–H groups in total. The maximum atomic E-state index is 9.35. The maximum Gasteiger partial charge on any atom is 0.138 e. The molecule has 7 heteroatoms. The first kappa shape index (κ1) is 16.3. The van der Waals surface area contributed by atoms with Crippen LogP contribution in [0, 0.1) is 11.3 Å². The number of hydrogen-bond donors (Lipinski definition) is 1. The SMILES string of the molecule is CC[Si](C)(C)CNC(=S)c1ccc(-n2cncn2)c(C#N)c1. The van der Waals surface area contributed by atoms with Crippen LogP contribution in [0.3, 0.4) is 0 Å². The number of nitrogens with zero attached hydrogens (tertiary/aromatic N) is 4. The van der Waals surface area contributed by atoms with Gasteiger partial charge in [-0.2, -0.15) is 10.4 Å². The normalized spacial score (nSPS) is 11.0. The van der Waals surface area contributed by atoms with Crippen molar-refractivity contribution in [2.45, 2.75) is 26.1 Å². The van der Waals surface area contributed by atoms with Crippen LogP contribution in [0.15, 0.2) is 30.9 Å². The van der Waals surface area contributed by atoms with Gasteiger partial charge in [-0.1, -0.05) is 38.3 Å². The van der Waals surface area contributed by atoms with Crippen molar-refractivity contribution in [3.05, 3.63) is 42.0 Å². The van der Waals surface area contributed by atoms with Crippen molar-refractivity contribution in [2.24, 2.45) is 0 Å². The quantitative estimate of drug-likeness (QED) is 0.675. The largest absolute Gasteiger partial charge is 0.379 e. The molecule has 0 atom stereocenters. The topological polar surface area (TPSA) is 66.5 Å². The van der Waals surface area contributed by atoms with Gasteiger partial charge in [0.2, 0.25) is 0 Å². The van der Waals surface area contributed by atoms with Crippen LogP contribution in [0.25, 0.3) is 5.69 Å². The fraction of sp³-hybridized carbons (Fsp3) is 0.333. The van der Waals surface area contributed by atoms with Crippen molar-refractivity contribution in [3.63, 3.8) is 0 Å². The summed E-state index contributed by atoms with van der Waals surface area (Å²) < 4.78 is 1.58. The zero-order valence-electron chi connectivity index (χ0n) is 13.0. The second-order valence-electron chi connectivity index (χ2n) is 5.88. The zero-order valence-corrected chi connectivity index (χ0v) is 14.8. The summed E-state index contributed by atoms with van der Waals surface area (Å²) in [5.41, 5.74) is 2.09. The van der Waals surface area contributed by atoms with Gasteiger partial charge < -0.3 is 5.32 Å². The van der Waals surface area contributed by atoms with Crippen molar-refractivity contribution in [1.82, 2.24) is 20.1 Å². The highest BCUT2D eigenvalue weighted by atomic mass is 32.1. The Morgan fingerprint density at radius 1 is 1.45 bits per heavy atom. The van der Waals surface area contributed by atoms with E-state index in [1.807, 2.05) is 12.1 Å². The average molecular weight is 330 g/mol. The molecule has 1 aromatic carbocycles. The van der Waals surface area contributed by atoms with Crippen LogP contribution >= 0.6 is 12.2 Å². The lowest BCUT2D eigenvalue weighted by atomic mass is 10.1. The molecule has 1 aromatic heterocycles. The molecular weight excluding hydrogens is 310 g/mol. The fourth-order valence-electron chi connectivity index (χ4n) is 1.85. The van der Waals surface area contributed by atoms with Crippen molar-refractivity contribution in [1.29, 1.82) is 5.26 Å². The van der Waals surface area contributed by atoms with E-state index in [-0.39, 0.29) is 0 Å². The molecule has 0 spiro atoms. The molecule has 2 rings (SSSR count). The van der Waals surface area contributed by atoms with E-state index in [0.29, 0.717) is 16.2 Å². The molecule has 2 aromatic rings. The third kappa shape index (κ3) is 3.78. The van der Waals surface area contributed by atoms with Gasteiger partial charge in [0.05, 0.1) is 19.3 Å². The Labute approximate surface area is 137 Å². The van der Waals surface area contributed by atoms with Gasteiger partial charge in [0.15, 0.2) is 0 Å². The molecule has 0 radical (unpaired) electrons. The molecule has 0 amide bonds. The van der Waals surface area contributed by atoms with Crippen molar-refractivity contribution in [2.75, 3.05) is 6.17 Å². The lowest BCUT2D eigenvalue weighted by Crippen LogP contribution is -2.41. The number of thiocarbonyl (C=S) groups is 1. The molecule has 0 bridgehead atoms. The van der Waals surface area contributed by atoms with E-state index in [1.165, 1.54) is 12.4 Å². The molecule has 0 aliphatic heterocycles. The lowest BCUT2D eigenvalue weighted by Gasteiger charge is -2.21. The van der Waals surface area contributed by atoms with E-state index in [1.54, 1.807) is 17.1 Å². The fourth-order valence-corrected chi connectivity index (χ4v) is 3.08. The molecule has 0 aliphatic rings. The predicted molar refractivity (Wildman–Crippen MR) is 93.7 cm³/mol. The van der Waals surface area contributed by atoms with Crippen LogP contribution in [-0.4, -0.2) is 34.0 Å². The summed E-state index contributed by atoms with van der Waals surface area (Å²) in [6.45, 7) is 6.88.